The van der Waals surface area contributed by atoms with E-state index in [2.05, 4.69) is 22.5 Å². The van der Waals surface area contributed by atoms with Crippen molar-refractivity contribution < 1.29 is 4.79 Å². The van der Waals surface area contributed by atoms with Gasteiger partial charge in [0.15, 0.2) is 0 Å². The highest BCUT2D eigenvalue weighted by molar-refractivity contribution is 5.85. The Bertz CT molecular complexity index is 291. The molecule has 2 aliphatic heterocycles. The Balaban J connectivity index is 0.00000220. The third-order valence-electron chi connectivity index (χ3n) is 4.72. The van der Waals surface area contributed by atoms with Crippen molar-refractivity contribution in [3.63, 3.8) is 0 Å². The van der Waals surface area contributed by atoms with Crippen molar-refractivity contribution in [3.05, 3.63) is 0 Å². The van der Waals surface area contributed by atoms with Crippen LogP contribution in [0.3, 0.4) is 0 Å². The Labute approximate surface area is 148 Å². The normalized spacial score (nSPS) is 22.7. The molecule has 2 rings (SSSR count). The van der Waals surface area contributed by atoms with Gasteiger partial charge in [-0.2, -0.15) is 0 Å². The third kappa shape index (κ3) is 8.00. The standard InChI is InChI=1S/C16H31N3O.2ClH/c1-2-3-10-19-11-7-15(8-12-19)18-16(20)5-4-14-6-9-17-13-14;;/h14-15,17H,2-13H2,1H3,(H,18,20);2*1H. The molecule has 0 saturated carbocycles. The average molecular weight is 354 g/mol. The molecule has 2 heterocycles. The summed E-state index contributed by atoms with van der Waals surface area (Å²) < 4.78 is 0. The molecule has 1 amide bonds. The number of nitrogens with zero attached hydrogens (tertiary/aromatic N) is 1. The van der Waals surface area contributed by atoms with E-state index in [-0.39, 0.29) is 30.7 Å². The lowest BCUT2D eigenvalue weighted by Crippen LogP contribution is -2.44. The van der Waals surface area contributed by atoms with Gasteiger partial charge >= 0.3 is 0 Å². The number of hydrogen-bond acceptors (Lipinski definition) is 3. The first-order chi connectivity index (χ1) is 9.78. The summed E-state index contributed by atoms with van der Waals surface area (Å²) in [7, 11) is 0. The predicted octanol–water partition coefficient (Wildman–Crippen LogP) is 2.60. The summed E-state index contributed by atoms with van der Waals surface area (Å²) in [6, 6.07) is 0.419. The monoisotopic (exact) mass is 353 g/mol. The Hall–Kier alpha value is -0.0300. The van der Waals surface area contributed by atoms with E-state index in [4.69, 9.17) is 0 Å². The van der Waals surface area contributed by atoms with Crippen LogP contribution in [0.4, 0.5) is 0 Å². The van der Waals surface area contributed by atoms with Gasteiger partial charge in [-0.25, -0.2) is 0 Å². The van der Waals surface area contributed by atoms with Crippen molar-refractivity contribution in [1.82, 2.24) is 15.5 Å². The van der Waals surface area contributed by atoms with Crippen molar-refractivity contribution in [2.45, 2.75) is 57.9 Å². The Morgan fingerprint density at radius 3 is 2.55 bits per heavy atom. The van der Waals surface area contributed by atoms with Gasteiger partial charge in [0.2, 0.25) is 5.91 Å². The third-order valence-corrected chi connectivity index (χ3v) is 4.72. The fourth-order valence-electron chi connectivity index (χ4n) is 3.28. The highest BCUT2D eigenvalue weighted by Crippen LogP contribution is 2.15. The summed E-state index contributed by atoms with van der Waals surface area (Å²) in [5.74, 6) is 0.987. The van der Waals surface area contributed by atoms with Gasteiger partial charge in [-0.05, 0) is 57.7 Å². The maximum absolute atomic E-state index is 12.0. The lowest BCUT2D eigenvalue weighted by molar-refractivity contribution is -0.122. The van der Waals surface area contributed by atoms with Gasteiger partial charge in [0.1, 0.15) is 0 Å². The van der Waals surface area contributed by atoms with Crippen LogP contribution in [0.5, 0.6) is 0 Å². The van der Waals surface area contributed by atoms with Crippen molar-refractivity contribution in [1.29, 1.82) is 0 Å². The quantitative estimate of drug-likeness (QED) is 0.739. The number of hydrogen-bond donors (Lipinski definition) is 2. The van der Waals surface area contributed by atoms with Crippen molar-refractivity contribution in [2.75, 3.05) is 32.7 Å². The molecule has 132 valence electrons. The second-order valence-electron chi connectivity index (χ2n) is 6.43. The number of rotatable bonds is 7. The number of carbonyl (C=O) groups excluding carboxylic acids is 1. The molecule has 0 spiro atoms. The number of amides is 1. The topological polar surface area (TPSA) is 44.4 Å². The van der Waals surface area contributed by atoms with Gasteiger partial charge < -0.3 is 15.5 Å². The molecule has 0 aromatic heterocycles. The molecule has 1 atom stereocenters. The lowest BCUT2D eigenvalue weighted by atomic mass is 10.0. The van der Waals surface area contributed by atoms with Crippen molar-refractivity contribution in [2.24, 2.45) is 5.92 Å². The van der Waals surface area contributed by atoms with Gasteiger partial charge in [0.25, 0.3) is 0 Å². The molecule has 0 radical (unpaired) electrons. The summed E-state index contributed by atoms with van der Waals surface area (Å²) >= 11 is 0. The van der Waals surface area contributed by atoms with Gasteiger partial charge in [0, 0.05) is 25.6 Å². The fourth-order valence-corrected chi connectivity index (χ4v) is 3.28. The van der Waals surface area contributed by atoms with Gasteiger partial charge in [-0.1, -0.05) is 13.3 Å². The summed E-state index contributed by atoms with van der Waals surface area (Å²) in [4.78, 5) is 14.5. The van der Waals surface area contributed by atoms with Crippen LogP contribution in [0, 0.1) is 5.92 Å². The summed E-state index contributed by atoms with van der Waals surface area (Å²) in [5.41, 5.74) is 0. The highest BCUT2D eigenvalue weighted by Gasteiger charge is 2.21. The molecule has 2 N–H and O–H groups in total. The van der Waals surface area contributed by atoms with Gasteiger partial charge in [0.05, 0.1) is 0 Å². The first-order valence-electron chi connectivity index (χ1n) is 8.50. The molecule has 1 unspecified atom stereocenters. The first kappa shape index (κ1) is 22.0. The van der Waals surface area contributed by atoms with Crippen LogP contribution >= 0.6 is 24.8 Å². The molecular weight excluding hydrogens is 321 g/mol. The Morgan fingerprint density at radius 2 is 1.95 bits per heavy atom. The second-order valence-corrected chi connectivity index (χ2v) is 6.43. The molecule has 2 aliphatic rings. The van der Waals surface area contributed by atoms with E-state index in [1.54, 1.807) is 0 Å². The van der Waals surface area contributed by atoms with Gasteiger partial charge in [-0.3, -0.25) is 4.79 Å². The van der Waals surface area contributed by atoms with Crippen LogP contribution in [0.2, 0.25) is 0 Å². The largest absolute Gasteiger partial charge is 0.353 e. The van der Waals surface area contributed by atoms with E-state index in [0.717, 1.165) is 51.4 Å². The smallest absolute Gasteiger partial charge is 0.220 e. The molecule has 0 aliphatic carbocycles. The molecule has 0 aromatic carbocycles. The van der Waals surface area contributed by atoms with Crippen molar-refractivity contribution >= 4 is 30.7 Å². The number of piperidine rings is 1. The summed E-state index contributed by atoms with van der Waals surface area (Å²) in [6.45, 7) is 8.00. The Morgan fingerprint density at radius 1 is 1.23 bits per heavy atom. The zero-order chi connectivity index (χ0) is 14.2. The van der Waals surface area contributed by atoms with Crippen molar-refractivity contribution in [3.8, 4) is 0 Å². The zero-order valence-corrected chi connectivity index (χ0v) is 15.4. The molecule has 0 aromatic rings. The molecule has 6 heteroatoms. The number of nitrogens with one attached hydrogen (secondary N) is 2. The number of likely N-dealkylation sites (tertiary alicyclic amines) is 1. The SMILES string of the molecule is CCCCN1CCC(NC(=O)CCC2CCNC2)CC1.Cl.Cl. The molecule has 22 heavy (non-hydrogen) atoms. The molecule has 2 fully saturated rings. The van der Waals surface area contributed by atoms with Crippen LogP contribution in [-0.2, 0) is 4.79 Å². The average Bonchev–Trinajstić information content (AvgIpc) is 2.98. The molecule has 2 saturated heterocycles. The predicted molar refractivity (Wildman–Crippen MR) is 97.2 cm³/mol. The van der Waals surface area contributed by atoms with Gasteiger partial charge in [-0.15, -0.1) is 24.8 Å². The maximum atomic E-state index is 12.0. The maximum Gasteiger partial charge on any atom is 0.220 e. The van der Waals surface area contributed by atoms with E-state index < -0.39 is 0 Å². The molecule has 4 nitrogen and oxygen atoms in total. The van der Waals surface area contributed by atoms with E-state index in [9.17, 15) is 4.79 Å². The van der Waals surface area contributed by atoms with E-state index in [1.807, 2.05) is 0 Å². The van der Waals surface area contributed by atoms with Crippen LogP contribution in [-0.4, -0.2) is 49.6 Å². The highest BCUT2D eigenvalue weighted by atomic mass is 35.5. The second kappa shape index (κ2) is 12.4. The molecule has 0 bridgehead atoms. The number of carbonyl (C=O) groups is 1. The van der Waals surface area contributed by atoms with Crippen LogP contribution < -0.4 is 10.6 Å². The lowest BCUT2D eigenvalue weighted by Gasteiger charge is -2.32. The van der Waals surface area contributed by atoms with E-state index in [0.29, 0.717) is 12.5 Å². The molecular formula is C16H33Cl2N3O. The number of halogens is 2. The van der Waals surface area contributed by atoms with Crippen LogP contribution in [0.15, 0.2) is 0 Å². The van der Waals surface area contributed by atoms with E-state index >= 15 is 0 Å². The zero-order valence-electron chi connectivity index (χ0n) is 13.8. The first-order valence-corrected chi connectivity index (χ1v) is 8.50. The van der Waals surface area contributed by atoms with Crippen LogP contribution in [0.1, 0.15) is 51.9 Å². The minimum atomic E-state index is 0. The summed E-state index contributed by atoms with van der Waals surface area (Å²) in [5, 5.41) is 6.60. The van der Waals surface area contributed by atoms with Crippen LogP contribution in [0.25, 0.3) is 0 Å². The fraction of sp³-hybridized carbons (Fsp3) is 0.938. The van der Waals surface area contributed by atoms with E-state index in [1.165, 1.54) is 25.8 Å². The number of unbranched alkanes of at least 4 members (excludes halogenated alkanes) is 1. The minimum Gasteiger partial charge on any atom is -0.353 e. The Kier molecular flexibility index (Phi) is 12.4. The minimum absolute atomic E-state index is 0. The summed E-state index contributed by atoms with van der Waals surface area (Å²) in [6.07, 6.45) is 7.82.